The number of sulfonamides is 1. The molecule has 0 N–H and O–H groups in total. The van der Waals surface area contributed by atoms with Gasteiger partial charge in [0.1, 0.15) is 5.75 Å². The molecular formula is C18H24N4O4S. The zero-order valence-corrected chi connectivity index (χ0v) is 16.4. The zero-order chi connectivity index (χ0) is 19.4. The van der Waals surface area contributed by atoms with Crippen LogP contribution in [0.4, 0.5) is 0 Å². The van der Waals surface area contributed by atoms with Gasteiger partial charge in [0.15, 0.2) is 5.03 Å². The molecule has 0 saturated carbocycles. The van der Waals surface area contributed by atoms with E-state index in [1.807, 2.05) is 6.92 Å². The van der Waals surface area contributed by atoms with Gasteiger partial charge in [-0.3, -0.25) is 4.79 Å². The third kappa shape index (κ3) is 4.30. The first-order valence-electron chi connectivity index (χ1n) is 8.92. The molecule has 0 aliphatic carbocycles. The Kier molecular flexibility index (Phi) is 5.81. The zero-order valence-electron chi connectivity index (χ0n) is 15.5. The highest BCUT2D eigenvalue weighted by atomic mass is 32.2. The van der Waals surface area contributed by atoms with Crippen molar-refractivity contribution in [1.82, 2.24) is 18.8 Å². The van der Waals surface area contributed by atoms with E-state index in [0.717, 1.165) is 5.75 Å². The maximum atomic E-state index is 12.8. The predicted molar refractivity (Wildman–Crippen MR) is 100 cm³/mol. The van der Waals surface area contributed by atoms with Crippen molar-refractivity contribution in [2.45, 2.75) is 18.4 Å². The van der Waals surface area contributed by atoms with E-state index in [0.29, 0.717) is 38.2 Å². The lowest BCUT2D eigenvalue weighted by molar-refractivity contribution is 0.0764. The molecule has 2 aromatic rings. The minimum atomic E-state index is -3.64. The number of aryl methyl sites for hydroxylation is 1. The maximum absolute atomic E-state index is 12.8. The van der Waals surface area contributed by atoms with Crippen molar-refractivity contribution >= 4 is 15.9 Å². The van der Waals surface area contributed by atoms with Gasteiger partial charge in [-0.05, 0) is 37.6 Å². The SMILES string of the molecule is CCOc1ccc(C(=O)N2CCCN(S(=O)(=O)c3cn(C)cn3)CC2)cc1. The van der Waals surface area contributed by atoms with Crippen LogP contribution in [0.3, 0.4) is 0 Å². The number of benzene rings is 1. The summed E-state index contributed by atoms with van der Waals surface area (Å²) < 4.78 is 33.9. The highest BCUT2D eigenvalue weighted by molar-refractivity contribution is 7.89. The molecule has 9 heteroatoms. The molecule has 27 heavy (non-hydrogen) atoms. The monoisotopic (exact) mass is 392 g/mol. The van der Waals surface area contributed by atoms with Crippen LogP contribution in [0.2, 0.25) is 0 Å². The van der Waals surface area contributed by atoms with Crippen LogP contribution in [0.15, 0.2) is 41.8 Å². The Morgan fingerprint density at radius 2 is 1.89 bits per heavy atom. The summed E-state index contributed by atoms with van der Waals surface area (Å²) in [6.07, 6.45) is 3.53. The summed E-state index contributed by atoms with van der Waals surface area (Å²) in [5.74, 6) is 0.618. The summed E-state index contributed by atoms with van der Waals surface area (Å²) in [6.45, 7) is 3.95. The van der Waals surface area contributed by atoms with Crippen molar-refractivity contribution in [1.29, 1.82) is 0 Å². The van der Waals surface area contributed by atoms with E-state index in [-0.39, 0.29) is 17.5 Å². The molecule has 0 spiro atoms. The summed E-state index contributed by atoms with van der Waals surface area (Å²) in [5, 5.41) is 0.0382. The van der Waals surface area contributed by atoms with E-state index in [1.165, 1.54) is 16.8 Å². The largest absolute Gasteiger partial charge is 0.494 e. The highest BCUT2D eigenvalue weighted by Crippen LogP contribution is 2.18. The molecule has 1 fully saturated rings. The Morgan fingerprint density at radius 1 is 1.15 bits per heavy atom. The van der Waals surface area contributed by atoms with Crippen molar-refractivity contribution in [2.24, 2.45) is 7.05 Å². The molecule has 1 aromatic carbocycles. The molecule has 1 aromatic heterocycles. The Balaban J connectivity index is 1.68. The molecule has 8 nitrogen and oxygen atoms in total. The van der Waals surface area contributed by atoms with Crippen molar-refractivity contribution in [3.05, 3.63) is 42.4 Å². The van der Waals surface area contributed by atoms with Crippen molar-refractivity contribution in [3.63, 3.8) is 0 Å². The molecule has 146 valence electrons. The number of rotatable bonds is 5. The Hall–Kier alpha value is -2.39. The van der Waals surface area contributed by atoms with Gasteiger partial charge in [0, 0.05) is 45.0 Å². The Morgan fingerprint density at radius 3 is 2.52 bits per heavy atom. The number of hydrogen-bond acceptors (Lipinski definition) is 5. The molecule has 0 bridgehead atoms. The van der Waals surface area contributed by atoms with Gasteiger partial charge >= 0.3 is 0 Å². The first kappa shape index (κ1) is 19.4. The van der Waals surface area contributed by atoms with Crippen LogP contribution in [-0.4, -0.2) is 65.9 Å². The van der Waals surface area contributed by atoms with E-state index < -0.39 is 10.0 Å². The second-order valence-electron chi connectivity index (χ2n) is 6.38. The number of ether oxygens (including phenoxy) is 1. The quantitative estimate of drug-likeness (QED) is 0.767. The van der Waals surface area contributed by atoms with E-state index in [9.17, 15) is 13.2 Å². The van der Waals surface area contributed by atoms with Gasteiger partial charge in [0.2, 0.25) is 0 Å². The fraction of sp³-hybridized carbons (Fsp3) is 0.444. The van der Waals surface area contributed by atoms with Gasteiger partial charge < -0.3 is 14.2 Å². The summed E-state index contributed by atoms with van der Waals surface area (Å²) in [5.41, 5.74) is 0.569. The van der Waals surface area contributed by atoms with Gasteiger partial charge in [-0.2, -0.15) is 4.31 Å². The Bertz CT molecular complexity index is 892. The number of carbonyl (C=O) groups is 1. The van der Waals surface area contributed by atoms with Crippen LogP contribution in [0.25, 0.3) is 0 Å². The number of imidazole rings is 1. The van der Waals surface area contributed by atoms with E-state index >= 15 is 0 Å². The fourth-order valence-corrected chi connectivity index (χ4v) is 4.47. The molecule has 3 rings (SSSR count). The van der Waals surface area contributed by atoms with Gasteiger partial charge in [0.05, 0.1) is 12.9 Å². The lowest BCUT2D eigenvalue weighted by Gasteiger charge is -2.21. The van der Waals surface area contributed by atoms with E-state index in [4.69, 9.17) is 4.74 Å². The molecule has 1 amide bonds. The third-order valence-electron chi connectivity index (χ3n) is 4.44. The molecule has 0 unspecified atom stereocenters. The molecular weight excluding hydrogens is 368 g/mol. The van der Waals surface area contributed by atoms with E-state index in [2.05, 4.69) is 4.98 Å². The molecule has 0 radical (unpaired) electrons. The second-order valence-corrected chi connectivity index (χ2v) is 8.27. The highest BCUT2D eigenvalue weighted by Gasteiger charge is 2.30. The number of nitrogens with zero attached hydrogens (tertiary/aromatic N) is 4. The molecule has 0 atom stereocenters. The summed E-state index contributed by atoms with van der Waals surface area (Å²) in [6, 6.07) is 7.01. The first-order chi connectivity index (χ1) is 12.9. The summed E-state index contributed by atoms with van der Waals surface area (Å²) in [4.78, 5) is 18.4. The number of aromatic nitrogens is 2. The molecule has 2 heterocycles. The topological polar surface area (TPSA) is 84.7 Å². The standard InChI is InChI=1S/C18H24N4O4S/c1-3-26-16-7-5-15(6-8-16)18(23)21-9-4-10-22(12-11-21)27(24,25)17-13-20(2)14-19-17/h5-8,13-14H,3-4,9-12H2,1-2H3. The normalized spacial score (nSPS) is 16.1. The Labute approximate surface area is 159 Å². The number of carbonyl (C=O) groups excluding carboxylic acids is 1. The van der Waals surface area contributed by atoms with Crippen molar-refractivity contribution in [3.8, 4) is 5.75 Å². The van der Waals surface area contributed by atoms with Crippen molar-refractivity contribution in [2.75, 3.05) is 32.8 Å². The molecule has 1 aliphatic rings. The molecule has 1 aliphatic heterocycles. The van der Waals surface area contributed by atoms with Crippen LogP contribution >= 0.6 is 0 Å². The van der Waals surface area contributed by atoms with Gasteiger partial charge in [-0.15, -0.1) is 0 Å². The third-order valence-corrected chi connectivity index (χ3v) is 6.22. The maximum Gasteiger partial charge on any atom is 0.262 e. The first-order valence-corrected chi connectivity index (χ1v) is 10.4. The van der Waals surface area contributed by atoms with Crippen LogP contribution in [0.5, 0.6) is 5.75 Å². The second kappa shape index (κ2) is 8.10. The van der Waals surface area contributed by atoms with Crippen molar-refractivity contribution < 1.29 is 17.9 Å². The van der Waals surface area contributed by atoms with Crippen LogP contribution < -0.4 is 4.74 Å². The summed E-state index contributed by atoms with van der Waals surface area (Å²) in [7, 11) is -1.92. The van der Waals surface area contributed by atoms with E-state index in [1.54, 1.807) is 40.8 Å². The lowest BCUT2D eigenvalue weighted by Crippen LogP contribution is -2.37. The van der Waals surface area contributed by atoms with Crippen LogP contribution in [0.1, 0.15) is 23.7 Å². The average molecular weight is 392 g/mol. The minimum Gasteiger partial charge on any atom is -0.494 e. The number of hydrogen-bond donors (Lipinski definition) is 0. The predicted octanol–water partition coefficient (Wildman–Crippen LogP) is 1.36. The van der Waals surface area contributed by atoms with Gasteiger partial charge in [-0.1, -0.05) is 0 Å². The summed E-state index contributed by atoms with van der Waals surface area (Å²) >= 11 is 0. The van der Waals surface area contributed by atoms with Gasteiger partial charge in [0.25, 0.3) is 15.9 Å². The lowest BCUT2D eigenvalue weighted by atomic mass is 10.2. The molecule has 1 saturated heterocycles. The minimum absolute atomic E-state index is 0.0382. The number of amides is 1. The average Bonchev–Trinajstić information content (AvgIpc) is 2.95. The fourth-order valence-electron chi connectivity index (χ4n) is 3.03. The van der Waals surface area contributed by atoms with Crippen LogP contribution in [0, 0.1) is 0 Å². The van der Waals surface area contributed by atoms with Gasteiger partial charge in [-0.25, -0.2) is 13.4 Å². The van der Waals surface area contributed by atoms with Crippen LogP contribution in [-0.2, 0) is 17.1 Å². The smallest absolute Gasteiger partial charge is 0.262 e.